The maximum absolute atomic E-state index is 13.9. The summed E-state index contributed by atoms with van der Waals surface area (Å²) in [6.07, 6.45) is -4.71. The lowest BCUT2D eigenvalue weighted by Crippen LogP contribution is -2.49. The van der Waals surface area contributed by atoms with Crippen molar-refractivity contribution in [3.63, 3.8) is 0 Å². The molecule has 0 saturated carbocycles. The second-order valence-corrected chi connectivity index (χ2v) is 40.8. The molecule has 4 fully saturated rings. The summed E-state index contributed by atoms with van der Waals surface area (Å²) in [7, 11) is 0. The van der Waals surface area contributed by atoms with E-state index in [9.17, 15) is 74.7 Å². The van der Waals surface area contributed by atoms with Gasteiger partial charge in [-0.25, -0.2) is 4.39 Å². The molecule has 16 aromatic rings. The lowest BCUT2D eigenvalue weighted by Gasteiger charge is -2.37. The first-order chi connectivity index (χ1) is 70.4. The number of phenolic OH excluding ortho intramolecular Hbond substituents is 4. The van der Waals surface area contributed by atoms with Gasteiger partial charge in [-0.15, -0.1) is 45.3 Å². The molecule has 0 amide bonds. The number of benzene rings is 12. The van der Waals surface area contributed by atoms with Crippen LogP contribution in [0.2, 0.25) is 5.02 Å². The van der Waals surface area contributed by atoms with Crippen molar-refractivity contribution in [1.29, 1.82) is 0 Å². The number of hydrogen-bond donors (Lipinski definition) is 4. The molecule has 0 unspecified atom stereocenters. The number of alkyl halides is 7. The minimum absolute atomic E-state index is 0.0104. The van der Waals surface area contributed by atoms with E-state index in [1.54, 1.807) is 140 Å². The van der Waals surface area contributed by atoms with Gasteiger partial charge in [-0.2, -0.15) is 13.2 Å². The zero-order chi connectivity index (χ0) is 103. The molecule has 4 aliphatic heterocycles. The van der Waals surface area contributed by atoms with Crippen molar-refractivity contribution in [1.82, 2.24) is 19.6 Å². The van der Waals surface area contributed by atoms with Gasteiger partial charge in [0.2, 0.25) is 23.1 Å². The van der Waals surface area contributed by atoms with Crippen molar-refractivity contribution >= 4 is 120 Å². The molecule has 20 rings (SSSR count). The standard InChI is InChI=1S/C29H28FNO4S.C28H25ClFNO4S.C28H23F4NO4S.C28H25F2NO4S/c1-18-3-9-24(19(2)13-18)27(33)29-28(25-10-4-21(32)14-26(25)36-29)35-23-7-5-22(6-8-23)34-12-11-31-16-20(15-30)17-31;1-17-2-3-19(29)12-24(17)26(33)28-27(23-9-4-20(32)13-25(23)36-28)35-22-7-5-21(6-8-22)34-11-10-31-15-18(14-30)16-31;29-14-17-15-33(16-17)11-12-36-19-6-8-20(9-7-19)37-26-22-10-5-18(34)13-24(22)38-27(26)25(35)21-3-1-2-4-23(21)28(30,31)32;1-17-2-3-19(30)12-24(17)26(33)28-27(23-9-4-20(32)13-25(23)36-28)35-22-7-5-21(6-8-22)34-11-10-31-15-18(14-29)16-31/h3-10,13-14,20,32H,11-12,15-17H2,1-2H3;2-9,12-13,18,32H,10-11,14-16H2,1H3;1-10,13,17,34H,11-12,14-16H2;2-9,12-13,18,32H,10-11,14-16H2,1H3. The maximum Gasteiger partial charge on any atom is 0.417 e. The van der Waals surface area contributed by atoms with Crippen LogP contribution in [0.25, 0.3) is 40.3 Å². The fourth-order valence-electron chi connectivity index (χ4n) is 17.3. The first kappa shape index (κ1) is 104. The van der Waals surface area contributed by atoms with Crippen LogP contribution in [0.1, 0.15) is 88.8 Å². The second-order valence-electron chi connectivity index (χ2n) is 36.2. The first-order valence-electron chi connectivity index (χ1n) is 47.2. The van der Waals surface area contributed by atoms with Crippen LogP contribution in [0.3, 0.4) is 0 Å². The second kappa shape index (κ2) is 46.8. The van der Waals surface area contributed by atoms with E-state index in [2.05, 4.69) is 19.6 Å². The van der Waals surface area contributed by atoms with Gasteiger partial charge in [0.25, 0.3) is 0 Å². The SMILES string of the molecule is Cc1ccc(C(=O)c2sc3cc(O)ccc3c2Oc2ccc(OCCN3CC(CF)C3)cc2)c(C)c1.Cc1ccc(Cl)cc1C(=O)c1sc2cc(O)ccc2c1Oc1ccc(OCCN2CC(CF)C2)cc1.Cc1ccc(F)cc1C(=O)c1sc2cc(O)ccc2c1Oc1ccc(OCCN2CC(CF)C2)cc1.O=C(c1ccccc1C(F)(F)F)c1sc2cc(O)ccc2c1Oc1ccc(OCCN2CC(CF)C2)cc1. The first-order valence-corrected chi connectivity index (χ1v) is 50.8. The molecule has 8 heterocycles. The van der Waals surface area contributed by atoms with Gasteiger partial charge >= 0.3 is 6.18 Å². The third-order valence-corrected chi connectivity index (χ3v) is 30.0. The molecule has 4 aliphatic rings. The van der Waals surface area contributed by atoms with Crippen molar-refractivity contribution in [2.75, 3.05) is 132 Å². The van der Waals surface area contributed by atoms with Crippen molar-refractivity contribution in [3.8, 4) is 92.0 Å². The molecule has 0 aliphatic carbocycles. The lowest BCUT2D eigenvalue weighted by molar-refractivity contribution is -0.137. The van der Waals surface area contributed by atoms with Crippen molar-refractivity contribution in [2.24, 2.45) is 23.7 Å². The molecule has 12 aromatic carbocycles. The zero-order valence-corrected chi connectivity index (χ0v) is 83.7. The minimum atomic E-state index is -4.71. The predicted octanol–water partition coefficient (Wildman–Crippen LogP) is 26.7. The Hall–Kier alpha value is -13.7. The zero-order valence-electron chi connectivity index (χ0n) is 79.6. The van der Waals surface area contributed by atoms with Gasteiger partial charge in [-0.05, 0) is 245 Å². The summed E-state index contributed by atoms with van der Waals surface area (Å²) in [4.78, 5) is 63.8. The third kappa shape index (κ3) is 25.2. The number of hydrogen-bond acceptors (Lipinski definition) is 24. The molecule has 756 valence electrons. The highest BCUT2D eigenvalue weighted by Crippen LogP contribution is 2.50. The number of fused-ring (bicyclic) bond motifs is 4. The summed E-state index contributed by atoms with van der Waals surface area (Å²) in [5.74, 6) is 5.03. The van der Waals surface area contributed by atoms with Crippen LogP contribution < -0.4 is 37.9 Å². The van der Waals surface area contributed by atoms with Crippen molar-refractivity contribution in [2.45, 2.75) is 33.9 Å². The molecular formula is C113H101ClF8N4O16S4. The normalized spacial score (nSPS) is 14.2. The van der Waals surface area contributed by atoms with Crippen LogP contribution in [0.5, 0.6) is 92.0 Å². The van der Waals surface area contributed by atoms with Crippen LogP contribution in [-0.4, -0.2) is 195 Å². The van der Waals surface area contributed by atoms with Crippen LogP contribution in [0, 0.1) is 57.2 Å². The lowest BCUT2D eigenvalue weighted by atomic mass is 10.0. The van der Waals surface area contributed by atoms with Gasteiger partial charge in [0.05, 0.1) is 32.3 Å². The Morgan fingerprint density at radius 1 is 0.329 bits per heavy atom. The highest BCUT2D eigenvalue weighted by molar-refractivity contribution is 7.22. The maximum atomic E-state index is 13.9. The monoisotopic (exact) mass is 2080 g/mol. The number of rotatable bonds is 36. The van der Waals surface area contributed by atoms with E-state index in [1.165, 1.54) is 76.5 Å². The van der Waals surface area contributed by atoms with Crippen LogP contribution in [0.15, 0.2) is 249 Å². The smallest absolute Gasteiger partial charge is 0.417 e. The molecule has 33 heteroatoms. The van der Waals surface area contributed by atoms with Gasteiger partial charge in [0.15, 0.2) is 23.0 Å². The Morgan fingerprint density at radius 2 is 0.616 bits per heavy atom. The van der Waals surface area contributed by atoms with Gasteiger partial charge in [0.1, 0.15) is 121 Å². The number of ketones is 4. The number of aromatic hydroxyl groups is 4. The van der Waals surface area contributed by atoms with E-state index >= 15 is 0 Å². The van der Waals surface area contributed by atoms with E-state index < -0.39 is 28.9 Å². The summed E-state index contributed by atoms with van der Waals surface area (Å²) >= 11 is 10.9. The van der Waals surface area contributed by atoms with Crippen LogP contribution in [0.4, 0.5) is 35.1 Å². The molecule has 0 bridgehead atoms. The number of aryl methyl sites for hydroxylation is 4. The Morgan fingerprint density at radius 3 is 0.925 bits per heavy atom. The van der Waals surface area contributed by atoms with Crippen molar-refractivity contribution < 1.29 is 113 Å². The van der Waals surface area contributed by atoms with Crippen LogP contribution in [-0.2, 0) is 6.18 Å². The Kier molecular flexibility index (Phi) is 33.3. The summed E-state index contributed by atoms with van der Waals surface area (Å²) < 4.78 is 156. The molecule has 0 spiro atoms. The number of ether oxygens (including phenoxy) is 8. The quantitative estimate of drug-likeness (QED) is 0.0211. The van der Waals surface area contributed by atoms with E-state index in [0.717, 1.165) is 138 Å². The number of carbonyl (C=O) groups is 4. The van der Waals surface area contributed by atoms with Crippen LogP contribution >= 0.6 is 56.9 Å². The average molecular weight is 2090 g/mol. The third-order valence-electron chi connectivity index (χ3n) is 25.2. The fourth-order valence-corrected chi connectivity index (χ4v) is 21.9. The molecular weight excluding hydrogens is 1980 g/mol. The van der Waals surface area contributed by atoms with E-state index in [-0.39, 0.29) is 107 Å². The topological polar surface area (TPSA) is 236 Å². The molecule has 4 saturated heterocycles. The summed E-state index contributed by atoms with van der Waals surface area (Å²) in [6, 6.07) is 67.2. The predicted molar refractivity (Wildman–Crippen MR) is 554 cm³/mol. The number of carbonyl (C=O) groups excluding carboxylic acids is 4. The molecule has 146 heavy (non-hydrogen) atoms. The Balaban J connectivity index is 0.000000133. The number of halogens is 9. The summed E-state index contributed by atoms with van der Waals surface area (Å²) in [5, 5.41) is 42.9. The molecule has 20 nitrogen and oxygen atoms in total. The number of nitrogens with zero attached hydrogens (tertiary/aromatic N) is 4. The Labute approximate surface area is 857 Å². The summed E-state index contributed by atoms with van der Waals surface area (Å²) in [6.45, 7) is 17.6. The van der Waals surface area contributed by atoms with Gasteiger partial charge in [-0.3, -0.25) is 56.3 Å². The van der Waals surface area contributed by atoms with Gasteiger partial charge < -0.3 is 58.3 Å². The van der Waals surface area contributed by atoms with E-state index in [1.807, 2.05) is 81.4 Å². The largest absolute Gasteiger partial charge is 0.508 e. The molecule has 0 atom stereocenters. The average Bonchev–Trinajstić information content (AvgIpc) is 1.66. The Bertz CT molecular complexity index is 7160. The number of phenols is 4. The summed E-state index contributed by atoms with van der Waals surface area (Å²) in [5.41, 5.74) is 3.37. The minimum Gasteiger partial charge on any atom is -0.508 e. The number of likely N-dealkylation sites (tertiary alicyclic amines) is 4. The molecule has 0 radical (unpaired) electrons. The van der Waals surface area contributed by atoms with Crippen molar-refractivity contribution in [3.05, 3.63) is 329 Å². The molecule has 4 N–H and O–H groups in total. The highest BCUT2D eigenvalue weighted by atomic mass is 35.5. The number of thiophene rings is 4. The molecule has 4 aromatic heterocycles. The fraction of sp³-hybridized carbons (Fsp3) is 0.257. The van der Waals surface area contributed by atoms with E-state index in [4.69, 9.17) is 49.5 Å². The van der Waals surface area contributed by atoms with Gasteiger partial charge in [-0.1, -0.05) is 65.7 Å². The van der Waals surface area contributed by atoms with E-state index in [0.29, 0.717) is 147 Å². The highest BCUT2D eigenvalue weighted by Gasteiger charge is 2.38. The van der Waals surface area contributed by atoms with Gasteiger partial charge in [0, 0.05) is 170 Å².